The molecule has 0 saturated heterocycles. The van der Waals surface area contributed by atoms with Gasteiger partial charge >= 0.3 is 341 Å². The largest absolute Gasteiger partial charge is 1.00 e. The molecular formula is C54H44Cl2HfSi. The number of halogens is 2. The molecule has 0 aromatic heterocycles. The van der Waals surface area contributed by atoms with Gasteiger partial charge in [0.25, 0.3) is 0 Å². The average molecular weight is 970 g/mol. The first-order chi connectivity index (χ1) is 27.6. The Morgan fingerprint density at radius 1 is 0.483 bits per heavy atom. The minimum absolute atomic E-state index is 0. The van der Waals surface area contributed by atoms with Crippen LogP contribution in [0.1, 0.15) is 35.1 Å². The summed E-state index contributed by atoms with van der Waals surface area (Å²) >= 11 is -3.33. The van der Waals surface area contributed by atoms with Crippen molar-refractivity contribution in [2.45, 2.75) is 34.0 Å². The molecule has 4 heteroatoms. The summed E-state index contributed by atoms with van der Waals surface area (Å²) in [5.74, 6) is 0. The predicted octanol–water partition coefficient (Wildman–Crippen LogP) is 6.74. The van der Waals surface area contributed by atoms with E-state index >= 15 is 0 Å². The van der Waals surface area contributed by atoms with Crippen LogP contribution in [0.15, 0.2) is 217 Å². The zero-order chi connectivity index (χ0) is 37.6. The third-order valence-electron chi connectivity index (χ3n) is 12.0. The van der Waals surface area contributed by atoms with Crippen LogP contribution in [0.25, 0.3) is 32.7 Å². The molecule has 0 aliphatic heterocycles. The van der Waals surface area contributed by atoms with E-state index in [-0.39, 0.29) is 24.8 Å². The van der Waals surface area contributed by atoms with Gasteiger partial charge in [0, 0.05) is 0 Å². The second-order valence-electron chi connectivity index (χ2n) is 15.6. The van der Waals surface area contributed by atoms with Gasteiger partial charge in [0.15, 0.2) is 0 Å². The van der Waals surface area contributed by atoms with Crippen molar-refractivity contribution in [3.8, 4) is 0 Å². The first-order valence-corrected chi connectivity index (χ1v) is 31.1. The van der Waals surface area contributed by atoms with Crippen LogP contribution in [0.3, 0.4) is 0 Å². The Kier molecular flexibility index (Phi) is 12.0. The third-order valence-corrected chi connectivity index (χ3v) is 40.5. The number of rotatable bonds is 6. The molecule has 0 nitrogen and oxygen atoms in total. The molecule has 0 heterocycles. The van der Waals surface area contributed by atoms with E-state index in [1.54, 1.807) is 32.7 Å². The van der Waals surface area contributed by atoms with Crippen LogP contribution in [0, 0.1) is 13.8 Å². The first kappa shape index (κ1) is 40.2. The molecule has 0 bridgehead atoms. The molecule has 2 unspecified atom stereocenters. The number of hydrogen-bond acceptors (Lipinski definition) is 0. The van der Waals surface area contributed by atoms with Crippen LogP contribution in [0.5, 0.6) is 0 Å². The minimum atomic E-state index is -3.33. The smallest absolute Gasteiger partial charge is 1.00 e. The molecule has 2 atom stereocenters. The summed E-state index contributed by atoms with van der Waals surface area (Å²) in [6.07, 6.45) is 26.2. The van der Waals surface area contributed by atoms with E-state index in [0.29, 0.717) is 7.35 Å². The molecular weight excluding hydrogens is 926 g/mol. The number of benzene rings is 6. The summed E-state index contributed by atoms with van der Waals surface area (Å²) < 4.78 is 0.734. The van der Waals surface area contributed by atoms with Crippen LogP contribution in [-0.4, -0.2) is 5.49 Å². The molecule has 58 heavy (non-hydrogen) atoms. The van der Waals surface area contributed by atoms with Gasteiger partial charge in [-0.25, -0.2) is 0 Å². The molecule has 0 amide bonds. The first-order valence-electron chi connectivity index (χ1n) is 20.0. The minimum Gasteiger partial charge on any atom is -1.00 e. The van der Waals surface area contributed by atoms with E-state index < -0.39 is 25.6 Å². The number of allylic oxidation sites excluding steroid dienone is 16. The molecule has 0 saturated carbocycles. The molecule has 0 fully saturated rings. The van der Waals surface area contributed by atoms with Crippen LogP contribution in [-0.2, 0) is 20.1 Å². The van der Waals surface area contributed by atoms with Gasteiger partial charge in [0.1, 0.15) is 0 Å². The van der Waals surface area contributed by atoms with Crippen molar-refractivity contribution in [2.24, 2.45) is 0 Å². The van der Waals surface area contributed by atoms with Gasteiger partial charge < -0.3 is 24.8 Å². The van der Waals surface area contributed by atoms with Crippen molar-refractivity contribution in [3.63, 3.8) is 0 Å². The van der Waals surface area contributed by atoms with Gasteiger partial charge in [-0.1, -0.05) is 0 Å². The van der Waals surface area contributed by atoms with Crippen molar-refractivity contribution < 1.29 is 44.9 Å². The maximum Gasteiger partial charge on any atom is -1.00 e. The van der Waals surface area contributed by atoms with Gasteiger partial charge in [-0.15, -0.1) is 0 Å². The van der Waals surface area contributed by atoms with Crippen LogP contribution >= 0.6 is 0 Å². The summed E-state index contributed by atoms with van der Waals surface area (Å²) in [5.41, 5.74) is 13.5. The Labute approximate surface area is 363 Å². The number of aryl methyl sites for hydroxylation is 2. The Hall–Kier alpha value is -4.57. The van der Waals surface area contributed by atoms with E-state index in [1.807, 2.05) is 0 Å². The van der Waals surface area contributed by atoms with E-state index in [2.05, 4.69) is 208 Å². The maximum atomic E-state index is 2.65. The molecule has 6 aromatic rings. The summed E-state index contributed by atoms with van der Waals surface area (Å²) in [6.45, 7) is 4.57. The van der Waals surface area contributed by atoms with E-state index in [4.69, 9.17) is 0 Å². The zero-order valence-corrected chi connectivity index (χ0v) is 38.9. The fourth-order valence-corrected chi connectivity index (χ4v) is 44.2. The quantitative estimate of drug-likeness (QED) is 0.163. The van der Waals surface area contributed by atoms with Crippen molar-refractivity contribution in [3.05, 3.63) is 239 Å². The van der Waals surface area contributed by atoms with Crippen LogP contribution in [0.4, 0.5) is 0 Å². The second kappa shape index (κ2) is 17.3. The average Bonchev–Trinajstić information content (AvgIpc) is 3.53. The van der Waals surface area contributed by atoms with Crippen LogP contribution in [0.2, 0.25) is 7.35 Å². The van der Waals surface area contributed by atoms with Gasteiger partial charge in [0.2, 0.25) is 0 Å². The predicted molar refractivity (Wildman–Crippen MR) is 239 cm³/mol. The molecule has 4 aliphatic rings. The Bertz CT molecular complexity index is 2670. The van der Waals surface area contributed by atoms with E-state index in [1.165, 1.54) is 54.9 Å². The Morgan fingerprint density at radius 2 is 0.897 bits per heavy atom. The Morgan fingerprint density at radius 3 is 1.34 bits per heavy atom. The van der Waals surface area contributed by atoms with Gasteiger partial charge in [-0.05, 0) is 0 Å². The third kappa shape index (κ3) is 7.35. The molecule has 0 spiro atoms. The summed E-state index contributed by atoms with van der Waals surface area (Å²) in [4.78, 5) is 0. The molecule has 10 rings (SSSR count). The molecule has 0 N–H and O–H groups in total. The van der Waals surface area contributed by atoms with Crippen molar-refractivity contribution in [1.29, 1.82) is 0 Å². The standard InChI is InChI=1S/2C21H17.C12H10Si.2ClH.Hf/c2*1-15-11-18-9-5-6-10-20(18)21(12-15)19-13-16-7-3-2-4-8-17(16)14-19;1-3-7-11(8-4-1)13-12-9-5-2-6-10-12;;;/h2*2-7,9-14H,8H2,1H3;1-10H;2*1H;/q;;;;;+2/p-2. The molecule has 6 aromatic carbocycles. The summed E-state index contributed by atoms with van der Waals surface area (Å²) in [5, 5.41) is 8.52. The fraction of sp³-hybridized carbons (Fsp3) is 0.111. The van der Waals surface area contributed by atoms with E-state index in [9.17, 15) is 0 Å². The second-order valence-corrected chi connectivity index (χ2v) is 35.1. The zero-order valence-electron chi connectivity index (χ0n) is 32.8. The monoisotopic (exact) mass is 970 g/mol. The van der Waals surface area contributed by atoms with Crippen molar-refractivity contribution >= 4 is 48.6 Å². The molecule has 4 aliphatic carbocycles. The topological polar surface area (TPSA) is 0 Å². The van der Waals surface area contributed by atoms with Crippen molar-refractivity contribution in [2.75, 3.05) is 0 Å². The summed E-state index contributed by atoms with van der Waals surface area (Å²) in [6, 6.07) is 51.5. The number of fused-ring (bicyclic) bond motifs is 2. The van der Waals surface area contributed by atoms with E-state index in [0.717, 1.165) is 12.8 Å². The number of hydrogen-bond donors (Lipinski definition) is 0. The van der Waals surface area contributed by atoms with Gasteiger partial charge in [0.05, 0.1) is 0 Å². The fourth-order valence-electron chi connectivity index (χ4n) is 9.74. The van der Waals surface area contributed by atoms with Gasteiger partial charge in [-0.3, -0.25) is 0 Å². The summed E-state index contributed by atoms with van der Waals surface area (Å²) in [7, 11) is 0. The molecule has 0 radical (unpaired) electrons. The molecule has 282 valence electrons. The van der Waals surface area contributed by atoms with Crippen molar-refractivity contribution in [1.82, 2.24) is 0 Å². The Balaban J connectivity index is 0.00000235. The van der Waals surface area contributed by atoms with Gasteiger partial charge in [-0.2, -0.15) is 0 Å². The normalized spacial score (nSPS) is 17.7. The maximum absolute atomic E-state index is 3.33. The SMILES string of the molecule is Cc1cc(C2=CC3=C(C=CC=CC3)[CH]2[Hf+2]([CH]2C(c3cc(C)cc4ccccc34)=CC3=C2C=CC=CC3)=[Si](c2ccccc2)c2ccccc2)c2ccccc2c1.[Cl-].[Cl-]. The van der Waals surface area contributed by atoms with Crippen LogP contribution < -0.4 is 35.2 Å².